The predicted octanol–water partition coefficient (Wildman–Crippen LogP) is 6.98. The highest BCUT2D eigenvalue weighted by Gasteiger charge is 2.90. The van der Waals surface area contributed by atoms with Crippen LogP contribution in [-0.4, -0.2) is 46.9 Å². The summed E-state index contributed by atoms with van der Waals surface area (Å²) in [6.07, 6.45) is -10.5. The number of carbonyl (C=O) groups is 1. The number of carbonyl (C=O) groups excluding carboxylic acids is 1. The first-order valence-corrected chi connectivity index (χ1v) is 9.98. The van der Waals surface area contributed by atoms with Gasteiger partial charge in [-0.1, -0.05) is 42.5 Å². The molecule has 3 nitrogen and oxygen atoms in total. The maximum absolute atomic E-state index is 14.8. The molecule has 38 heavy (non-hydrogen) atoms. The molecule has 0 bridgehead atoms. The first-order chi connectivity index (χ1) is 17.0. The van der Waals surface area contributed by atoms with Crippen LogP contribution >= 0.6 is 0 Å². The fourth-order valence-electron chi connectivity index (χ4n) is 3.30. The number of rotatable bonds is 9. The minimum Gasteiger partial charge on any atom is -0.427 e. The van der Waals surface area contributed by atoms with Gasteiger partial charge >= 0.3 is 41.8 Å². The molecule has 0 aliphatic rings. The Balaban J connectivity index is 2.69. The van der Waals surface area contributed by atoms with Crippen molar-refractivity contribution in [2.24, 2.45) is 0 Å². The summed E-state index contributed by atoms with van der Waals surface area (Å²) in [5.74, 6) is -39.6. The van der Waals surface area contributed by atoms with Gasteiger partial charge in [-0.15, -0.1) is 0 Å². The number of hydrogen-bond donors (Lipinski definition) is 1. The van der Waals surface area contributed by atoms with E-state index in [1.54, 1.807) is 0 Å². The number of aliphatic hydroxyl groups is 1. The summed E-state index contributed by atoms with van der Waals surface area (Å²) in [6.45, 7) is 0.879. The number of benzene rings is 2. The normalized spacial score (nSPS) is 15.7. The molecule has 0 saturated heterocycles. The Morgan fingerprint density at radius 2 is 1.16 bits per heavy atom. The summed E-state index contributed by atoms with van der Waals surface area (Å²) in [5, 5.41) is 11.1. The molecule has 1 atom stereocenters. The lowest BCUT2D eigenvalue weighted by Crippen LogP contribution is -2.70. The summed E-state index contributed by atoms with van der Waals surface area (Å²) >= 11 is 0. The van der Waals surface area contributed by atoms with E-state index in [9.17, 15) is 67.0 Å². The van der Waals surface area contributed by atoms with E-state index >= 15 is 0 Å². The summed E-state index contributed by atoms with van der Waals surface area (Å²) in [6, 6.07) is 8.21. The molecule has 16 heteroatoms. The average Bonchev–Trinajstić information content (AvgIpc) is 2.77. The van der Waals surface area contributed by atoms with Crippen molar-refractivity contribution in [2.75, 3.05) is 0 Å². The molecule has 2 aromatic rings. The highest BCUT2D eigenvalue weighted by molar-refractivity contribution is 5.69. The molecular formula is C22H15F13O3. The number of halogens is 13. The SMILES string of the molecule is CC(=O)Oc1cccc(C(O)(CC(F)(F)C(F)(F)C(F)(F)C(F)(F)C(F)(F)C(F)(F)F)c2ccccc2)c1. The topological polar surface area (TPSA) is 46.5 Å². The van der Waals surface area contributed by atoms with E-state index in [-0.39, 0.29) is 0 Å². The zero-order valence-corrected chi connectivity index (χ0v) is 18.6. The molecular weight excluding hydrogens is 559 g/mol. The third-order valence-electron chi connectivity index (χ3n) is 5.30. The smallest absolute Gasteiger partial charge is 0.427 e. The van der Waals surface area contributed by atoms with Gasteiger partial charge in [0.15, 0.2) is 0 Å². The second-order valence-corrected chi connectivity index (χ2v) is 8.02. The van der Waals surface area contributed by atoms with Crippen LogP contribution in [0.5, 0.6) is 5.75 Å². The van der Waals surface area contributed by atoms with Crippen molar-refractivity contribution in [3.05, 3.63) is 65.7 Å². The fraction of sp³-hybridized carbons (Fsp3) is 0.409. The number of hydrogen-bond acceptors (Lipinski definition) is 3. The molecule has 1 N–H and O–H groups in total. The van der Waals surface area contributed by atoms with Crippen molar-refractivity contribution >= 4 is 5.97 Å². The van der Waals surface area contributed by atoms with Gasteiger partial charge in [-0.3, -0.25) is 4.79 Å². The van der Waals surface area contributed by atoms with Crippen LogP contribution in [0.4, 0.5) is 57.1 Å². The molecule has 212 valence electrons. The molecule has 0 heterocycles. The number of esters is 1. The lowest BCUT2D eigenvalue weighted by Gasteiger charge is -2.42. The van der Waals surface area contributed by atoms with Crippen LogP contribution < -0.4 is 4.74 Å². The van der Waals surface area contributed by atoms with E-state index in [4.69, 9.17) is 0 Å². The number of ether oxygens (including phenoxy) is 1. The molecule has 0 aromatic heterocycles. The molecule has 1 unspecified atom stereocenters. The molecule has 2 rings (SSSR count). The maximum atomic E-state index is 14.8. The van der Waals surface area contributed by atoms with Crippen LogP contribution in [0.2, 0.25) is 0 Å². The molecule has 0 amide bonds. The van der Waals surface area contributed by atoms with Crippen molar-refractivity contribution in [2.45, 2.75) is 54.7 Å². The van der Waals surface area contributed by atoms with Gasteiger partial charge < -0.3 is 9.84 Å². The van der Waals surface area contributed by atoms with Crippen molar-refractivity contribution in [1.82, 2.24) is 0 Å². The van der Waals surface area contributed by atoms with Crippen LogP contribution in [0.3, 0.4) is 0 Å². The lowest BCUT2D eigenvalue weighted by molar-refractivity contribution is -0.441. The van der Waals surface area contributed by atoms with Crippen molar-refractivity contribution in [3.63, 3.8) is 0 Å². The van der Waals surface area contributed by atoms with Crippen LogP contribution in [0, 0.1) is 0 Å². The molecule has 0 fully saturated rings. The zero-order valence-electron chi connectivity index (χ0n) is 18.6. The Morgan fingerprint density at radius 1 is 0.684 bits per heavy atom. The average molecular weight is 574 g/mol. The lowest BCUT2D eigenvalue weighted by atomic mass is 9.79. The van der Waals surface area contributed by atoms with Crippen LogP contribution in [0.1, 0.15) is 24.5 Å². The van der Waals surface area contributed by atoms with Gasteiger partial charge in [0.25, 0.3) is 0 Å². The monoisotopic (exact) mass is 574 g/mol. The Kier molecular flexibility index (Phi) is 7.89. The highest BCUT2D eigenvalue weighted by Crippen LogP contribution is 2.61. The van der Waals surface area contributed by atoms with Gasteiger partial charge in [-0.2, -0.15) is 57.1 Å². The largest absolute Gasteiger partial charge is 0.460 e. The van der Waals surface area contributed by atoms with E-state index in [1.165, 1.54) is 6.07 Å². The highest BCUT2D eigenvalue weighted by atomic mass is 19.4. The molecule has 0 radical (unpaired) electrons. The van der Waals surface area contributed by atoms with E-state index < -0.39 is 70.7 Å². The van der Waals surface area contributed by atoms with Crippen molar-refractivity contribution in [1.29, 1.82) is 0 Å². The van der Waals surface area contributed by atoms with Gasteiger partial charge in [0.2, 0.25) is 0 Å². The van der Waals surface area contributed by atoms with Crippen molar-refractivity contribution in [3.8, 4) is 5.75 Å². The first-order valence-electron chi connectivity index (χ1n) is 9.98. The standard InChI is InChI=1S/C22H15F13O3/c1-12(36)38-15-9-5-8-14(10-15)16(37,13-6-3-2-4-7-13)11-17(23,24)18(25,26)19(27,28)20(29,30)21(31,32)22(33,34)35/h2-10,37H,11H2,1H3. The predicted molar refractivity (Wildman–Crippen MR) is 103 cm³/mol. The third kappa shape index (κ3) is 5.01. The summed E-state index contributed by atoms with van der Waals surface area (Å²) in [7, 11) is 0. The van der Waals surface area contributed by atoms with E-state index in [0.717, 1.165) is 49.4 Å². The van der Waals surface area contributed by atoms with E-state index in [2.05, 4.69) is 4.74 Å². The van der Waals surface area contributed by atoms with Crippen molar-refractivity contribution < 1.29 is 71.7 Å². The zero-order chi connectivity index (χ0) is 29.6. The quantitative estimate of drug-likeness (QED) is 0.200. The van der Waals surface area contributed by atoms with Gasteiger partial charge in [0.1, 0.15) is 11.4 Å². The summed E-state index contributed by atoms with van der Waals surface area (Å²) in [5.41, 5.74) is -5.10. The van der Waals surface area contributed by atoms with Gasteiger partial charge in [0.05, 0.1) is 6.42 Å². The minimum absolute atomic E-state index is 0.485. The van der Waals surface area contributed by atoms with Crippen LogP contribution in [0.15, 0.2) is 54.6 Å². The number of alkyl halides is 13. The Hall–Kier alpha value is -3.04. The third-order valence-corrected chi connectivity index (χ3v) is 5.30. The van der Waals surface area contributed by atoms with Gasteiger partial charge in [-0.05, 0) is 23.3 Å². The van der Waals surface area contributed by atoms with E-state index in [1.807, 2.05) is 0 Å². The Labute approximate surface area is 204 Å². The summed E-state index contributed by atoms with van der Waals surface area (Å²) < 4.78 is 181. The molecule has 2 aromatic carbocycles. The second-order valence-electron chi connectivity index (χ2n) is 8.02. The summed E-state index contributed by atoms with van der Waals surface area (Å²) in [4.78, 5) is 11.2. The fourth-order valence-corrected chi connectivity index (χ4v) is 3.30. The molecule has 0 spiro atoms. The molecule has 0 aliphatic carbocycles. The Morgan fingerprint density at radius 3 is 1.63 bits per heavy atom. The first kappa shape index (κ1) is 31.2. The Bertz CT molecular complexity index is 1150. The minimum atomic E-state index is -8.06. The second kappa shape index (κ2) is 9.61. The molecule has 0 saturated carbocycles. The maximum Gasteiger partial charge on any atom is 0.460 e. The van der Waals surface area contributed by atoms with Crippen LogP contribution in [0.25, 0.3) is 0 Å². The van der Waals surface area contributed by atoms with Crippen LogP contribution in [-0.2, 0) is 10.4 Å². The van der Waals surface area contributed by atoms with E-state index in [0.29, 0.717) is 6.07 Å². The van der Waals surface area contributed by atoms with Gasteiger partial charge in [-0.25, -0.2) is 0 Å². The molecule has 0 aliphatic heterocycles. The van der Waals surface area contributed by atoms with Gasteiger partial charge in [0, 0.05) is 6.92 Å².